The van der Waals surface area contributed by atoms with Crippen molar-refractivity contribution in [2.24, 2.45) is 0 Å². The van der Waals surface area contributed by atoms with Crippen molar-refractivity contribution in [2.75, 3.05) is 5.32 Å². The summed E-state index contributed by atoms with van der Waals surface area (Å²) in [7, 11) is 0. The van der Waals surface area contributed by atoms with Crippen molar-refractivity contribution in [1.82, 2.24) is 14.4 Å². The summed E-state index contributed by atoms with van der Waals surface area (Å²) in [6.45, 7) is 0. The predicted molar refractivity (Wildman–Crippen MR) is 71.5 cm³/mol. The number of fused-ring (bicyclic) bond motifs is 1. The lowest BCUT2D eigenvalue weighted by Gasteiger charge is -2.03. The van der Waals surface area contributed by atoms with E-state index in [1.807, 2.05) is 0 Å². The Kier molecular flexibility index (Phi) is 2.81. The normalized spacial score (nSPS) is 10.5. The van der Waals surface area contributed by atoms with Crippen LogP contribution in [0.15, 0.2) is 47.0 Å². The Bertz CT molecular complexity index is 794. The van der Waals surface area contributed by atoms with Crippen LogP contribution in [0.1, 0.15) is 10.4 Å². The second-order valence-corrected chi connectivity index (χ2v) is 4.57. The van der Waals surface area contributed by atoms with E-state index in [-0.39, 0.29) is 11.1 Å². The van der Waals surface area contributed by atoms with Crippen molar-refractivity contribution < 1.29 is 4.79 Å². The molecule has 0 saturated carbocycles. The van der Waals surface area contributed by atoms with E-state index in [1.54, 1.807) is 36.0 Å². The van der Waals surface area contributed by atoms with Gasteiger partial charge in [-0.15, -0.1) is 11.3 Å². The lowest BCUT2D eigenvalue weighted by Crippen LogP contribution is -2.26. The fourth-order valence-electron chi connectivity index (χ4n) is 1.60. The Hall–Kier alpha value is -2.54. The van der Waals surface area contributed by atoms with Gasteiger partial charge in [-0.1, -0.05) is 6.07 Å². The first-order chi connectivity index (χ1) is 9.25. The zero-order valence-electron chi connectivity index (χ0n) is 9.61. The fourth-order valence-corrected chi connectivity index (χ4v) is 2.28. The second kappa shape index (κ2) is 4.62. The smallest absolute Gasteiger partial charge is 0.271 e. The topological polar surface area (TPSA) is 76.4 Å². The number of nitrogens with one attached hydrogen (secondary N) is 1. The highest BCUT2D eigenvalue weighted by molar-refractivity contribution is 7.15. The molecule has 0 radical (unpaired) electrons. The molecular formula is C12H8N4O2S. The molecule has 3 rings (SSSR count). The van der Waals surface area contributed by atoms with E-state index >= 15 is 0 Å². The SMILES string of the molecule is O=C(Nc1ccccn1)c1cnc2sccn2c1=O. The first-order valence-corrected chi connectivity index (χ1v) is 6.31. The van der Waals surface area contributed by atoms with Crippen LogP contribution >= 0.6 is 11.3 Å². The average molecular weight is 272 g/mol. The van der Waals surface area contributed by atoms with Crippen LogP contribution in [-0.2, 0) is 0 Å². The van der Waals surface area contributed by atoms with Crippen LogP contribution in [0, 0.1) is 0 Å². The molecule has 3 aromatic rings. The molecule has 0 spiro atoms. The molecule has 0 unspecified atom stereocenters. The Morgan fingerprint density at radius 3 is 3.00 bits per heavy atom. The van der Waals surface area contributed by atoms with Crippen LogP contribution in [0.4, 0.5) is 5.82 Å². The molecular weight excluding hydrogens is 264 g/mol. The van der Waals surface area contributed by atoms with Gasteiger partial charge in [-0.3, -0.25) is 14.0 Å². The van der Waals surface area contributed by atoms with E-state index in [9.17, 15) is 9.59 Å². The molecule has 1 amide bonds. The minimum atomic E-state index is -0.517. The van der Waals surface area contributed by atoms with Crippen molar-refractivity contribution in [3.63, 3.8) is 0 Å². The summed E-state index contributed by atoms with van der Waals surface area (Å²) in [4.78, 5) is 32.7. The average Bonchev–Trinajstić information content (AvgIpc) is 2.89. The largest absolute Gasteiger partial charge is 0.306 e. The second-order valence-electron chi connectivity index (χ2n) is 3.70. The maximum atomic E-state index is 12.1. The maximum absolute atomic E-state index is 12.1. The molecule has 0 atom stereocenters. The number of thiazole rings is 1. The molecule has 0 aliphatic rings. The minimum absolute atomic E-state index is 0.0125. The number of anilines is 1. The van der Waals surface area contributed by atoms with E-state index in [0.29, 0.717) is 10.8 Å². The number of hydrogen-bond donors (Lipinski definition) is 1. The molecule has 19 heavy (non-hydrogen) atoms. The number of rotatable bonds is 2. The van der Waals surface area contributed by atoms with Crippen LogP contribution < -0.4 is 10.9 Å². The van der Waals surface area contributed by atoms with Gasteiger partial charge in [0, 0.05) is 24.0 Å². The summed E-state index contributed by atoms with van der Waals surface area (Å²) in [6.07, 6.45) is 4.43. The van der Waals surface area contributed by atoms with E-state index in [4.69, 9.17) is 0 Å². The molecule has 0 aliphatic carbocycles. The highest BCUT2D eigenvalue weighted by Crippen LogP contribution is 2.07. The zero-order chi connectivity index (χ0) is 13.2. The first kappa shape index (κ1) is 11.5. The Morgan fingerprint density at radius 2 is 2.21 bits per heavy atom. The molecule has 94 valence electrons. The number of carbonyl (C=O) groups is 1. The van der Waals surface area contributed by atoms with Crippen molar-refractivity contribution in [1.29, 1.82) is 0 Å². The molecule has 0 aromatic carbocycles. The van der Waals surface area contributed by atoms with Gasteiger partial charge >= 0.3 is 0 Å². The van der Waals surface area contributed by atoms with Crippen molar-refractivity contribution in [2.45, 2.75) is 0 Å². The van der Waals surface area contributed by atoms with E-state index in [1.165, 1.54) is 21.9 Å². The van der Waals surface area contributed by atoms with Gasteiger partial charge in [-0.2, -0.15) is 0 Å². The van der Waals surface area contributed by atoms with Gasteiger partial charge in [0.25, 0.3) is 11.5 Å². The highest BCUT2D eigenvalue weighted by Gasteiger charge is 2.14. The molecule has 3 aromatic heterocycles. The standard InChI is InChI=1S/C12H8N4O2S/c17-10(15-9-3-1-2-4-13-9)8-7-14-12-16(11(8)18)5-6-19-12/h1-7H,(H,13,15,17). The Labute approximate surface area is 111 Å². The summed E-state index contributed by atoms with van der Waals surface area (Å²) in [5, 5.41) is 4.30. The number of nitrogens with zero attached hydrogens (tertiary/aromatic N) is 3. The van der Waals surface area contributed by atoms with Crippen molar-refractivity contribution in [3.8, 4) is 0 Å². The Morgan fingerprint density at radius 1 is 1.32 bits per heavy atom. The Balaban J connectivity index is 1.98. The van der Waals surface area contributed by atoms with Gasteiger partial charge in [-0.25, -0.2) is 9.97 Å². The van der Waals surface area contributed by atoms with E-state index in [2.05, 4.69) is 15.3 Å². The number of aromatic nitrogens is 3. The summed E-state index contributed by atoms with van der Waals surface area (Å²) >= 11 is 1.33. The van der Waals surface area contributed by atoms with Gasteiger partial charge in [-0.05, 0) is 12.1 Å². The van der Waals surface area contributed by atoms with Crippen LogP contribution in [-0.4, -0.2) is 20.3 Å². The summed E-state index contributed by atoms with van der Waals surface area (Å²) in [5.41, 5.74) is -0.402. The predicted octanol–water partition coefficient (Wildman–Crippen LogP) is 1.40. The number of hydrogen-bond acceptors (Lipinski definition) is 5. The quantitative estimate of drug-likeness (QED) is 0.765. The van der Waals surface area contributed by atoms with Crippen LogP contribution in [0.5, 0.6) is 0 Å². The molecule has 6 nitrogen and oxygen atoms in total. The number of carbonyl (C=O) groups excluding carboxylic acids is 1. The lowest BCUT2D eigenvalue weighted by atomic mass is 10.3. The fraction of sp³-hybridized carbons (Fsp3) is 0. The minimum Gasteiger partial charge on any atom is -0.306 e. The van der Waals surface area contributed by atoms with Crippen LogP contribution in [0.3, 0.4) is 0 Å². The van der Waals surface area contributed by atoms with Gasteiger partial charge in [0.2, 0.25) is 0 Å². The number of pyridine rings is 1. The van der Waals surface area contributed by atoms with E-state index in [0.717, 1.165) is 0 Å². The van der Waals surface area contributed by atoms with Crippen LogP contribution in [0.25, 0.3) is 4.96 Å². The van der Waals surface area contributed by atoms with Gasteiger partial charge in [0.1, 0.15) is 11.4 Å². The molecule has 0 saturated heterocycles. The summed E-state index contributed by atoms with van der Waals surface area (Å²) in [5.74, 6) is -0.126. The zero-order valence-corrected chi connectivity index (χ0v) is 10.4. The number of amides is 1. The van der Waals surface area contributed by atoms with Gasteiger partial charge in [0.15, 0.2) is 4.96 Å². The van der Waals surface area contributed by atoms with Gasteiger partial charge < -0.3 is 5.32 Å². The molecule has 3 heterocycles. The monoisotopic (exact) mass is 272 g/mol. The molecule has 0 aliphatic heterocycles. The van der Waals surface area contributed by atoms with E-state index < -0.39 is 5.91 Å². The molecule has 0 fully saturated rings. The molecule has 7 heteroatoms. The first-order valence-electron chi connectivity index (χ1n) is 5.43. The van der Waals surface area contributed by atoms with Crippen LogP contribution in [0.2, 0.25) is 0 Å². The summed E-state index contributed by atoms with van der Waals surface area (Å²) in [6, 6.07) is 5.13. The summed E-state index contributed by atoms with van der Waals surface area (Å²) < 4.78 is 1.35. The third-order valence-corrected chi connectivity index (χ3v) is 3.26. The molecule has 1 N–H and O–H groups in total. The maximum Gasteiger partial charge on any atom is 0.271 e. The molecule has 0 bridgehead atoms. The third-order valence-electron chi connectivity index (χ3n) is 2.49. The lowest BCUT2D eigenvalue weighted by molar-refractivity contribution is 0.102. The van der Waals surface area contributed by atoms with Crippen molar-refractivity contribution >= 4 is 28.0 Å². The van der Waals surface area contributed by atoms with Crippen molar-refractivity contribution in [3.05, 3.63) is 58.1 Å². The highest BCUT2D eigenvalue weighted by atomic mass is 32.1. The third kappa shape index (κ3) is 2.11. The van der Waals surface area contributed by atoms with Gasteiger partial charge in [0.05, 0.1) is 0 Å².